The maximum Gasteiger partial charge on any atom is 0.265 e. The first-order valence-corrected chi connectivity index (χ1v) is 12.9. The number of hydrogen-bond acceptors (Lipinski definition) is 6. The molecule has 2 aromatic heterocycles. The second-order valence-corrected chi connectivity index (χ2v) is 11.5. The fraction of sp³-hybridized carbons (Fsp3) is 0.292. The number of fused-ring (bicyclic) bond motifs is 1. The van der Waals surface area contributed by atoms with E-state index in [4.69, 9.17) is 16.3 Å². The van der Waals surface area contributed by atoms with Crippen LogP contribution >= 0.6 is 11.6 Å². The van der Waals surface area contributed by atoms with Crippen LogP contribution in [0, 0.1) is 0 Å². The zero-order valence-corrected chi connectivity index (χ0v) is 20.8. The van der Waals surface area contributed by atoms with Crippen molar-refractivity contribution in [3.63, 3.8) is 0 Å². The summed E-state index contributed by atoms with van der Waals surface area (Å²) in [6.07, 6.45) is 5.71. The van der Waals surface area contributed by atoms with Crippen LogP contribution in [0.15, 0.2) is 60.1 Å². The molecule has 1 fully saturated rings. The van der Waals surface area contributed by atoms with Gasteiger partial charge in [0.1, 0.15) is 12.2 Å². The fourth-order valence-corrected chi connectivity index (χ4v) is 7.01. The third-order valence-electron chi connectivity index (χ3n) is 6.82. The summed E-state index contributed by atoms with van der Waals surface area (Å²) in [6.45, 7) is 1.27. The fourth-order valence-electron chi connectivity index (χ4n) is 4.99. The summed E-state index contributed by atoms with van der Waals surface area (Å²) < 4.78 is 38.0. The van der Waals surface area contributed by atoms with Gasteiger partial charge in [0.2, 0.25) is 0 Å². The van der Waals surface area contributed by atoms with Crippen molar-refractivity contribution in [2.45, 2.75) is 23.3 Å². The molecule has 9 nitrogen and oxygen atoms in total. The molecule has 0 N–H and O–H groups in total. The average molecular weight is 511 g/mol. The molecule has 0 radical (unpaired) electrons. The van der Waals surface area contributed by atoms with Crippen molar-refractivity contribution in [1.29, 1.82) is 0 Å². The topological polar surface area (TPSA) is 95.1 Å². The van der Waals surface area contributed by atoms with Crippen LogP contribution in [0.1, 0.15) is 17.0 Å². The Kier molecular flexibility index (Phi) is 5.03. The number of sulfonamides is 1. The van der Waals surface area contributed by atoms with Crippen molar-refractivity contribution in [3.8, 4) is 11.3 Å². The van der Waals surface area contributed by atoms with E-state index >= 15 is 0 Å². The Balaban J connectivity index is 1.35. The van der Waals surface area contributed by atoms with Crippen molar-refractivity contribution in [2.24, 2.45) is 14.1 Å². The second-order valence-electron chi connectivity index (χ2n) is 9.22. The first-order valence-electron chi connectivity index (χ1n) is 11.1. The monoisotopic (exact) mass is 510 g/mol. The highest BCUT2D eigenvalue weighted by molar-refractivity contribution is 7.93. The molecule has 0 amide bonds. The summed E-state index contributed by atoms with van der Waals surface area (Å²) in [5.74, 6) is 0.866. The summed E-state index contributed by atoms with van der Waals surface area (Å²) >= 11 is 6.59. The SMILES string of the molecule is Cn1cncc1-c1cc(Cl)c2c(c1)S(=O)(=O)N(c1cccc(CC3(c4nncn4C)COC3)c1)C2. The van der Waals surface area contributed by atoms with Crippen molar-refractivity contribution in [2.75, 3.05) is 17.5 Å². The molecule has 2 aliphatic rings. The van der Waals surface area contributed by atoms with Gasteiger partial charge in [0.25, 0.3) is 10.0 Å². The highest BCUT2D eigenvalue weighted by atomic mass is 35.5. The van der Waals surface area contributed by atoms with Gasteiger partial charge in [-0.2, -0.15) is 0 Å². The summed E-state index contributed by atoms with van der Waals surface area (Å²) in [5, 5.41) is 8.76. The molecule has 0 atom stereocenters. The van der Waals surface area contributed by atoms with Crippen LogP contribution < -0.4 is 4.31 Å². The molecule has 6 rings (SSSR count). The highest BCUT2D eigenvalue weighted by Gasteiger charge is 2.44. The molecule has 35 heavy (non-hydrogen) atoms. The summed E-state index contributed by atoms with van der Waals surface area (Å²) in [7, 11) is -0.00441. The number of nitrogens with zero attached hydrogens (tertiary/aromatic N) is 6. The van der Waals surface area contributed by atoms with Gasteiger partial charge in [-0.25, -0.2) is 13.4 Å². The molecule has 0 aliphatic carbocycles. The van der Waals surface area contributed by atoms with Gasteiger partial charge >= 0.3 is 0 Å². The zero-order chi connectivity index (χ0) is 24.4. The van der Waals surface area contributed by atoms with Gasteiger partial charge in [-0.05, 0) is 36.2 Å². The molecular formula is C24H23ClN6O3S. The lowest BCUT2D eigenvalue weighted by molar-refractivity contribution is -0.0657. The van der Waals surface area contributed by atoms with E-state index in [-0.39, 0.29) is 16.9 Å². The quantitative estimate of drug-likeness (QED) is 0.409. The molecule has 11 heteroatoms. The van der Waals surface area contributed by atoms with E-state index < -0.39 is 10.0 Å². The van der Waals surface area contributed by atoms with Crippen molar-refractivity contribution in [3.05, 3.63) is 77.2 Å². The number of anilines is 1. The molecular weight excluding hydrogens is 488 g/mol. The number of imidazole rings is 1. The Morgan fingerprint density at radius 2 is 1.94 bits per heavy atom. The summed E-state index contributed by atoms with van der Waals surface area (Å²) in [4.78, 5) is 4.37. The van der Waals surface area contributed by atoms with Crippen LogP contribution in [0.5, 0.6) is 0 Å². The highest BCUT2D eigenvalue weighted by Crippen LogP contribution is 2.41. The zero-order valence-electron chi connectivity index (χ0n) is 19.2. The van der Waals surface area contributed by atoms with Crippen LogP contribution in [0.3, 0.4) is 0 Å². The van der Waals surface area contributed by atoms with E-state index in [0.29, 0.717) is 41.5 Å². The minimum Gasteiger partial charge on any atom is -0.379 e. The molecule has 0 bridgehead atoms. The number of hydrogen-bond donors (Lipinski definition) is 0. The molecule has 2 aromatic carbocycles. The molecule has 0 spiro atoms. The minimum absolute atomic E-state index is 0.184. The number of aromatic nitrogens is 5. The predicted octanol–water partition coefficient (Wildman–Crippen LogP) is 3.09. The lowest BCUT2D eigenvalue weighted by Gasteiger charge is -2.40. The third-order valence-corrected chi connectivity index (χ3v) is 9.00. The first kappa shape index (κ1) is 22.3. The number of rotatable bonds is 5. The average Bonchev–Trinajstić information content (AvgIpc) is 3.49. The Labute approximate surface area is 208 Å². The molecule has 180 valence electrons. The summed E-state index contributed by atoms with van der Waals surface area (Å²) in [6, 6.07) is 11.1. The Morgan fingerprint density at radius 1 is 1.11 bits per heavy atom. The normalized spacial score (nSPS) is 17.9. The molecule has 1 saturated heterocycles. The van der Waals surface area contributed by atoms with Crippen LogP contribution in [-0.2, 0) is 47.2 Å². The predicted molar refractivity (Wildman–Crippen MR) is 131 cm³/mol. The van der Waals surface area contributed by atoms with Gasteiger partial charge < -0.3 is 13.9 Å². The Bertz CT molecular complexity index is 1560. The number of halogens is 1. The standard InChI is InChI=1S/C24H23ClN6O3S/c1-29-14-26-10-21(29)17-7-20(25)19-11-31(35(32,33)22(19)8-17)18-5-3-4-16(6-18)9-24(12-34-13-24)23-28-27-15-30(23)2/h3-8,10,14-15H,9,11-13H2,1-2H3. The lowest BCUT2D eigenvalue weighted by atomic mass is 9.79. The molecule has 2 aliphatic heterocycles. The molecule has 4 heterocycles. The van der Waals surface area contributed by atoms with Gasteiger partial charge in [-0.3, -0.25) is 4.31 Å². The van der Waals surface area contributed by atoms with E-state index in [1.807, 2.05) is 47.5 Å². The van der Waals surface area contributed by atoms with Crippen LogP contribution in [0.4, 0.5) is 5.69 Å². The van der Waals surface area contributed by atoms with Gasteiger partial charge in [0, 0.05) is 30.2 Å². The molecule has 0 unspecified atom stereocenters. The van der Waals surface area contributed by atoms with Gasteiger partial charge in [0.15, 0.2) is 0 Å². The van der Waals surface area contributed by atoms with E-state index in [2.05, 4.69) is 15.2 Å². The first-order chi connectivity index (χ1) is 16.8. The van der Waals surface area contributed by atoms with Crippen LogP contribution in [0.25, 0.3) is 11.3 Å². The van der Waals surface area contributed by atoms with Gasteiger partial charge in [0.05, 0.1) is 54.0 Å². The van der Waals surface area contributed by atoms with E-state index in [1.54, 1.807) is 31.0 Å². The maximum atomic E-state index is 13.6. The van der Waals surface area contributed by atoms with Crippen LogP contribution in [-0.4, -0.2) is 45.9 Å². The van der Waals surface area contributed by atoms with Crippen molar-refractivity contribution < 1.29 is 13.2 Å². The van der Waals surface area contributed by atoms with E-state index in [1.165, 1.54) is 4.31 Å². The van der Waals surface area contributed by atoms with E-state index in [0.717, 1.165) is 17.1 Å². The number of aryl methyl sites for hydroxylation is 2. The maximum absolute atomic E-state index is 13.6. The Hall–Kier alpha value is -3.21. The minimum atomic E-state index is -3.78. The van der Waals surface area contributed by atoms with Crippen molar-refractivity contribution in [1.82, 2.24) is 24.3 Å². The second kappa shape index (κ2) is 7.91. The Morgan fingerprint density at radius 3 is 2.60 bits per heavy atom. The summed E-state index contributed by atoms with van der Waals surface area (Å²) in [5.41, 5.74) is 3.43. The molecule has 0 saturated carbocycles. The largest absolute Gasteiger partial charge is 0.379 e. The van der Waals surface area contributed by atoms with Crippen LogP contribution in [0.2, 0.25) is 5.02 Å². The van der Waals surface area contributed by atoms with Gasteiger partial charge in [-0.1, -0.05) is 23.7 Å². The molecule has 4 aromatic rings. The van der Waals surface area contributed by atoms with Crippen molar-refractivity contribution >= 4 is 27.3 Å². The van der Waals surface area contributed by atoms with Gasteiger partial charge in [-0.15, -0.1) is 10.2 Å². The smallest absolute Gasteiger partial charge is 0.265 e. The number of ether oxygens (including phenoxy) is 1. The van der Waals surface area contributed by atoms with E-state index in [9.17, 15) is 8.42 Å². The third kappa shape index (κ3) is 3.47. The number of benzene rings is 2. The lowest BCUT2D eigenvalue weighted by Crippen LogP contribution is -2.50.